The molecule has 1 aliphatic carbocycles. The second-order valence-electron chi connectivity index (χ2n) is 23.0. The molecule has 1 aromatic heterocycles. The van der Waals surface area contributed by atoms with Crippen LogP contribution >= 0.6 is 0 Å². The predicted octanol–water partition coefficient (Wildman–Crippen LogP) is 19.5. The maximum absolute atomic E-state index is 9.88. The first kappa shape index (κ1) is 32.6. The zero-order valence-electron chi connectivity index (χ0n) is 70.0. The maximum Gasteiger partial charge on any atom is 0.256 e. The molecule has 410 valence electrons. The average Bonchev–Trinajstić information content (AvgIpc) is 1.44. The van der Waals surface area contributed by atoms with Crippen LogP contribution in [0.2, 0.25) is 0 Å². The van der Waals surface area contributed by atoms with E-state index >= 15 is 0 Å². The van der Waals surface area contributed by atoms with E-state index in [4.69, 9.17) is 17.1 Å². The first-order valence-corrected chi connectivity index (χ1v) is 28.5. The van der Waals surface area contributed by atoms with Crippen LogP contribution in [0, 0.1) is 0 Å². The molecule has 0 saturated carbocycles. The fourth-order valence-electron chi connectivity index (χ4n) is 13.6. The molecule has 0 saturated heterocycles. The minimum atomic E-state index is -2.27. The Hall–Kier alpha value is -10.7. The third-order valence-corrected chi connectivity index (χ3v) is 17.3. The van der Waals surface area contributed by atoms with E-state index in [0.29, 0.717) is 66.8 Å². The SMILES string of the molecule is [2H]c1c([2H])c([2H])c(-c2cc3c4c(c2)N(c2c(-c5ccccc5)cc(C(C)(C)C)cc2-c2ccccc2)c2cc(-n5c6c([2H])c([2H])c([2H])c([2H])c6c6c([2H])c([2H])c([2H])c([2H])c65)ccc2B4c2cc(-c4cccc5c4C(c4c([2H])c([2H])c([2H])c([2H])c4[2H])(c4c([2H])c([2H])c([2H])c([2H])c4[2H])c4ccccc4-5)ccc2O3)c([2H])c1[2H]. The zero-order valence-corrected chi connectivity index (χ0v) is 47.0. The Morgan fingerprint density at radius 3 is 1.63 bits per heavy atom. The summed E-state index contributed by atoms with van der Waals surface area (Å²) in [6.45, 7) is 5.32. The van der Waals surface area contributed by atoms with Crippen LogP contribution in [0.1, 0.15) is 80.1 Å². The van der Waals surface area contributed by atoms with Crippen molar-refractivity contribution < 1.29 is 36.3 Å². The lowest BCUT2D eigenvalue weighted by molar-refractivity contribution is 0.488. The van der Waals surface area contributed by atoms with Gasteiger partial charge in [-0.3, -0.25) is 0 Å². The van der Waals surface area contributed by atoms with E-state index in [9.17, 15) is 19.2 Å². The zero-order chi connectivity index (χ0) is 78.0. The van der Waals surface area contributed by atoms with Crippen molar-refractivity contribution in [3.63, 3.8) is 0 Å². The van der Waals surface area contributed by atoms with Crippen molar-refractivity contribution in [2.24, 2.45) is 0 Å². The molecule has 0 spiro atoms. The minimum absolute atomic E-state index is 0.137. The second kappa shape index (κ2) is 19.7. The molecule has 13 aromatic carbocycles. The van der Waals surface area contributed by atoms with Gasteiger partial charge < -0.3 is 14.2 Å². The standard InChI is InChI=1S/C83H59BN2O/c1-82(2,3)61-51-68(55-28-11-5-12-29-55)81(69(52-61)56-30-13-6-14-31-56)86-75-53-62(85-73-42-23-20-37-65(73)66-38-21-24-43-74(66)85)45-46-71(75)84-72-48-57(44-47-77(72)87-78-50-58(49-76(86)80(78)84)54-26-9-4-10-27-54)63-39-25-40-67-64-36-19-22-41-70(64)83(79(63)67,59-32-15-7-16-33-59)60-34-17-8-18-35-60/h4-53H,1-3H3/i4D,7D,8D,9D,10D,15D,16D,17D,18D,20D,21D,23D,24D,26D,27D,32D,33D,34D,35D,37D,38D,42D,43D. The van der Waals surface area contributed by atoms with Gasteiger partial charge in [0.2, 0.25) is 0 Å². The molecule has 0 bridgehead atoms. The summed E-state index contributed by atoms with van der Waals surface area (Å²) in [7, 11) is 0. The van der Waals surface area contributed by atoms with Gasteiger partial charge in [0.05, 0.1) is 53.7 Å². The van der Waals surface area contributed by atoms with Gasteiger partial charge in [0.15, 0.2) is 0 Å². The summed E-state index contributed by atoms with van der Waals surface area (Å²) in [5.41, 5.74) is 5.06. The van der Waals surface area contributed by atoms with Crippen LogP contribution in [0.25, 0.3) is 83.1 Å². The van der Waals surface area contributed by atoms with Gasteiger partial charge in [0, 0.05) is 39.0 Å². The maximum atomic E-state index is 9.88. The summed E-state index contributed by atoms with van der Waals surface area (Å²) in [5.74, 6) is 0.436. The van der Waals surface area contributed by atoms with Gasteiger partial charge in [-0.25, -0.2) is 0 Å². The van der Waals surface area contributed by atoms with Gasteiger partial charge in [0.25, 0.3) is 6.71 Å². The molecule has 0 fully saturated rings. The third kappa shape index (κ3) is 7.77. The molecule has 3 nitrogen and oxygen atoms in total. The molecule has 87 heavy (non-hydrogen) atoms. The summed E-state index contributed by atoms with van der Waals surface area (Å²) >= 11 is 0. The van der Waals surface area contributed by atoms with Gasteiger partial charge in [-0.1, -0.05) is 269 Å². The van der Waals surface area contributed by atoms with Crippen molar-refractivity contribution in [3.05, 3.63) is 331 Å². The van der Waals surface area contributed by atoms with Gasteiger partial charge >= 0.3 is 0 Å². The van der Waals surface area contributed by atoms with Gasteiger partial charge in [-0.05, 0) is 149 Å². The smallest absolute Gasteiger partial charge is 0.256 e. The summed E-state index contributed by atoms with van der Waals surface area (Å²) in [5, 5.41) is -0.324. The number of anilines is 3. The molecular formula is C83H59BN2O. The molecule has 14 aromatic rings. The van der Waals surface area contributed by atoms with Crippen molar-refractivity contribution >= 4 is 62.0 Å². The van der Waals surface area contributed by atoms with Crippen molar-refractivity contribution in [1.29, 1.82) is 0 Å². The van der Waals surface area contributed by atoms with Crippen molar-refractivity contribution in [3.8, 4) is 72.8 Å². The van der Waals surface area contributed by atoms with E-state index in [0.717, 1.165) is 16.7 Å². The Bertz CT molecular complexity index is 6200. The van der Waals surface area contributed by atoms with Crippen molar-refractivity contribution in [1.82, 2.24) is 4.57 Å². The first-order chi connectivity index (χ1) is 52.3. The number of aromatic nitrogens is 1. The summed E-state index contributed by atoms with van der Waals surface area (Å²) in [4.78, 5) is 2.01. The number of hydrogen-bond donors (Lipinski definition) is 0. The first-order valence-electron chi connectivity index (χ1n) is 40.0. The minimum Gasteiger partial charge on any atom is -0.458 e. The molecule has 0 unspecified atom stereocenters. The van der Waals surface area contributed by atoms with E-state index in [1.165, 1.54) is 4.57 Å². The van der Waals surface area contributed by atoms with Gasteiger partial charge in [0.1, 0.15) is 11.5 Å². The predicted molar refractivity (Wildman–Crippen MR) is 364 cm³/mol. The quantitative estimate of drug-likeness (QED) is 0.141. The molecule has 4 heteroatoms. The number of rotatable bonds is 8. The Morgan fingerprint density at radius 2 is 0.989 bits per heavy atom. The molecular weight excluding hydrogens is 1050 g/mol. The van der Waals surface area contributed by atoms with Crippen molar-refractivity contribution in [2.45, 2.75) is 31.6 Å². The highest BCUT2D eigenvalue weighted by Crippen LogP contribution is 2.59. The van der Waals surface area contributed by atoms with E-state index in [2.05, 4.69) is 32.9 Å². The number of para-hydroxylation sites is 2. The number of hydrogen-bond acceptors (Lipinski definition) is 2. The van der Waals surface area contributed by atoms with E-state index in [1.54, 1.807) is 78.9 Å². The summed E-state index contributed by atoms with van der Waals surface area (Å²) in [6, 6.07) is 35.1. The van der Waals surface area contributed by atoms with Crippen LogP contribution < -0.4 is 26.0 Å². The Balaban J connectivity index is 1.04. The monoisotopic (exact) mass is 1130 g/mol. The van der Waals surface area contributed by atoms with Crippen LogP contribution in [0.4, 0.5) is 17.1 Å². The molecule has 0 atom stereocenters. The number of ether oxygens (including phenoxy) is 1. The van der Waals surface area contributed by atoms with E-state index in [1.807, 2.05) is 77.7 Å². The number of benzene rings is 13. The lowest BCUT2D eigenvalue weighted by atomic mass is 9.34. The van der Waals surface area contributed by atoms with E-state index < -0.39 is 157 Å². The van der Waals surface area contributed by atoms with Crippen LogP contribution in [-0.2, 0) is 10.8 Å². The Labute approximate surface area is 541 Å². The number of fused-ring (bicyclic) bond motifs is 10. The lowest BCUT2D eigenvalue weighted by Crippen LogP contribution is -2.59. The van der Waals surface area contributed by atoms with Crippen LogP contribution in [0.5, 0.6) is 11.5 Å². The largest absolute Gasteiger partial charge is 0.458 e. The third-order valence-electron chi connectivity index (χ3n) is 17.3. The fourth-order valence-corrected chi connectivity index (χ4v) is 13.6. The lowest BCUT2D eigenvalue weighted by Gasteiger charge is -2.42. The van der Waals surface area contributed by atoms with Crippen LogP contribution in [-0.4, -0.2) is 11.3 Å². The molecule has 2 aliphatic heterocycles. The summed E-state index contributed by atoms with van der Waals surface area (Å²) < 4.78 is 224. The van der Waals surface area contributed by atoms with Gasteiger partial charge in [-0.2, -0.15) is 0 Å². The normalized spacial score (nSPS) is 17.1. The molecule has 3 aliphatic rings. The van der Waals surface area contributed by atoms with Crippen molar-refractivity contribution in [2.75, 3.05) is 4.90 Å². The van der Waals surface area contributed by atoms with Crippen LogP contribution in [0.3, 0.4) is 0 Å². The highest BCUT2D eigenvalue weighted by Gasteiger charge is 2.49. The Kier molecular flexibility index (Phi) is 7.37. The molecule has 0 N–H and O–H groups in total. The fraction of sp³-hybridized carbons (Fsp3) is 0.0602. The van der Waals surface area contributed by atoms with Crippen LogP contribution in [0.15, 0.2) is 303 Å². The number of nitrogens with zero attached hydrogens (tertiary/aromatic N) is 2. The topological polar surface area (TPSA) is 17.4 Å². The summed E-state index contributed by atoms with van der Waals surface area (Å²) in [6.07, 6.45) is 0. The molecule has 0 radical (unpaired) electrons. The Morgan fingerprint density at radius 1 is 0.414 bits per heavy atom. The second-order valence-corrected chi connectivity index (χ2v) is 23.0. The van der Waals surface area contributed by atoms with Gasteiger partial charge in [-0.15, -0.1) is 0 Å². The highest BCUT2D eigenvalue weighted by molar-refractivity contribution is 6.99. The molecule has 0 amide bonds. The average molecular weight is 1130 g/mol. The molecule has 3 heterocycles. The molecule has 17 rings (SSSR count). The highest BCUT2D eigenvalue weighted by atomic mass is 16.5. The van der Waals surface area contributed by atoms with E-state index in [-0.39, 0.29) is 72.4 Å².